The van der Waals surface area contributed by atoms with Crippen LogP contribution in [0.15, 0.2) is 34.2 Å². The van der Waals surface area contributed by atoms with E-state index in [9.17, 15) is 0 Å². The Bertz CT molecular complexity index is 345. The Kier molecular flexibility index (Phi) is 4.84. The molecule has 0 aliphatic heterocycles. The summed E-state index contributed by atoms with van der Waals surface area (Å²) in [5, 5.41) is 0. The largest absolute Gasteiger partial charge is 0.287 e. The Morgan fingerprint density at radius 3 is 2.86 bits per heavy atom. The van der Waals surface area contributed by atoms with Gasteiger partial charge in [-0.05, 0) is 12.5 Å². The van der Waals surface area contributed by atoms with Gasteiger partial charge < -0.3 is 0 Å². The average Bonchev–Trinajstić information content (AvgIpc) is 2.20. The molecule has 1 aromatic rings. The van der Waals surface area contributed by atoms with Crippen LogP contribution in [0.3, 0.4) is 0 Å². The SMILES string of the molecule is CCC(=S)CN=Cc1ccccc1S. The summed E-state index contributed by atoms with van der Waals surface area (Å²) >= 11 is 9.39. The quantitative estimate of drug-likeness (QED) is 0.470. The third-order valence-electron chi connectivity index (χ3n) is 1.83. The molecule has 0 saturated carbocycles. The summed E-state index contributed by atoms with van der Waals surface area (Å²) in [4.78, 5) is 6.19. The molecule has 0 aliphatic carbocycles. The first-order chi connectivity index (χ1) is 6.74. The molecule has 1 aromatic carbocycles. The molecule has 74 valence electrons. The summed E-state index contributed by atoms with van der Waals surface area (Å²) in [6, 6.07) is 7.86. The number of thiol groups is 1. The minimum absolute atomic E-state index is 0.633. The lowest BCUT2D eigenvalue weighted by Crippen LogP contribution is -1.97. The molecular weight excluding hydrogens is 210 g/mol. The molecule has 0 radical (unpaired) electrons. The molecule has 14 heavy (non-hydrogen) atoms. The van der Waals surface area contributed by atoms with E-state index in [0.29, 0.717) is 6.54 Å². The zero-order valence-corrected chi connectivity index (χ0v) is 9.81. The number of nitrogens with zero attached hydrogens (tertiary/aromatic N) is 1. The third-order valence-corrected chi connectivity index (χ3v) is 2.65. The van der Waals surface area contributed by atoms with Crippen molar-refractivity contribution in [2.75, 3.05) is 6.54 Å². The first-order valence-electron chi connectivity index (χ1n) is 4.53. The number of thiocarbonyl (C=S) groups is 1. The number of benzene rings is 1. The van der Waals surface area contributed by atoms with E-state index in [1.54, 1.807) is 0 Å². The van der Waals surface area contributed by atoms with Crippen LogP contribution < -0.4 is 0 Å². The van der Waals surface area contributed by atoms with Crippen molar-refractivity contribution in [3.05, 3.63) is 29.8 Å². The van der Waals surface area contributed by atoms with Gasteiger partial charge in [-0.3, -0.25) is 4.99 Å². The van der Waals surface area contributed by atoms with Crippen LogP contribution in [0.25, 0.3) is 0 Å². The van der Waals surface area contributed by atoms with Crippen LogP contribution in [-0.2, 0) is 0 Å². The van der Waals surface area contributed by atoms with Crippen molar-refractivity contribution >= 4 is 35.9 Å². The standard InChI is InChI=1S/C11H13NS2/c1-2-10(13)8-12-7-9-5-3-4-6-11(9)14/h3-7,14H,2,8H2,1H3. The Morgan fingerprint density at radius 1 is 1.50 bits per heavy atom. The summed E-state index contributed by atoms with van der Waals surface area (Å²) in [5.41, 5.74) is 1.04. The number of hydrogen-bond acceptors (Lipinski definition) is 3. The van der Waals surface area contributed by atoms with Crippen molar-refractivity contribution in [3.63, 3.8) is 0 Å². The summed E-state index contributed by atoms with van der Waals surface area (Å²) in [6.07, 6.45) is 2.74. The molecule has 1 nitrogen and oxygen atoms in total. The fourth-order valence-corrected chi connectivity index (χ4v) is 1.25. The Hall–Kier alpha value is -0.670. The zero-order valence-electron chi connectivity index (χ0n) is 8.10. The first kappa shape index (κ1) is 11.4. The van der Waals surface area contributed by atoms with Crippen molar-refractivity contribution in [3.8, 4) is 0 Å². The van der Waals surface area contributed by atoms with Gasteiger partial charge in [-0.25, -0.2) is 0 Å². The van der Waals surface area contributed by atoms with Crippen molar-refractivity contribution < 1.29 is 0 Å². The molecule has 0 heterocycles. The molecule has 1 rings (SSSR count). The van der Waals surface area contributed by atoms with E-state index in [0.717, 1.165) is 21.7 Å². The number of rotatable bonds is 4. The second-order valence-corrected chi connectivity index (χ2v) is 3.98. The first-order valence-corrected chi connectivity index (χ1v) is 5.39. The molecule has 0 N–H and O–H groups in total. The molecule has 0 bridgehead atoms. The van der Waals surface area contributed by atoms with Gasteiger partial charge in [-0.2, -0.15) is 0 Å². The maximum absolute atomic E-state index is 5.07. The van der Waals surface area contributed by atoms with E-state index in [-0.39, 0.29) is 0 Å². The van der Waals surface area contributed by atoms with Crippen LogP contribution in [0.4, 0.5) is 0 Å². The topological polar surface area (TPSA) is 12.4 Å². The molecular formula is C11H13NS2. The van der Waals surface area contributed by atoms with Crippen LogP contribution in [-0.4, -0.2) is 17.6 Å². The van der Waals surface area contributed by atoms with Crippen molar-refractivity contribution in [1.29, 1.82) is 0 Å². The minimum atomic E-state index is 0.633. The highest BCUT2D eigenvalue weighted by Gasteiger charge is 1.93. The monoisotopic (exact) mass is 223 g/mol. The van der Waals surface area contributed by atoms with E-state index in [1.165, 1.54) is 0 Å². The lowest BCUT2D eigenvalue weighted by molar-refractivity contribution is 1.22. The maximum Gasteiger partial charge on any atom is 0.0702 e. The minimum Gasteiger partial charge on any atom is -0.287 e. The van der Waals surface area contributed by atoms with Gasteiger partial charge in [0.1, 0.15) is 0 Å². The predicted molar refractivity (Wildman–Crippen MR) is 69.0 cm³/mol. The van der Waals surface area contributed by atoms with Crippen LogP contribution in [0.1, 0.15) is 18.9 Å². The van der Waals surface area contributed by atoms with Gasteiger partial charge in [-0.15, -0.1) is 12.6 Å². The van der Waals surface area contributed by atoms with Crippen LogP contribution in [0, 0.1) is 0 Å². The smallest absolute Gasteiger partial charge is 0.0702 e. The molecule has 0 aliphatic rings. The molecule has 0 fully saturated rings. The van der Waals surface area contributed by atoms with Crippen molar-refractivity contribution in [2.24, 2.45) is 4.99 Å². The molecule has 0 amide bonds. The van der Waals surface area contributed by atoms with Crippen molar-refractivity contribution in [1.82, 2.24) is 0 Å². The van der Waals surface area contributed by atoms with Gasteiger partial charge in [0.2, 0.25) is 0 Å². The van der Waals surface area contributed by atoms with Crippen molar-refractivity contribution in [2.45, 2.75) is 18.2 Å². The Morgan fingerprint density at radius 2 is 2.21 bits per heavy atom. The second kappa shape index (κ2) is 5.94. The van der Waals surface area contributed by atoms with Crippen LogP contribution in [0.2, 0.25) is 0 Å². The Labute approximate surface area is 95.7 Å². The lowest BCUT2D eigenvalue weighted by Gasteiger charge is -1.97. The van der Waals surface area contributed by atoms with Gasteiger partial charge in [0.25, 0.3) is 0 Å². The zero-order chi connectivity index (χ0) is 10.4. The maximum atomic E-state index is 5.07. The second-order valence-electron chi connectivity index (χ2n) is 2.92. The summed E-state index contributed by atoms with van der Waals surface area (Å²) in [6.45, 7) is 2.68. The number of aliphatic imine (C=N–C) groups is 1. The highest BCUT2D eigenvalue weighted by molar-refractivity contribution is 7.80. The molecule has 0 spiro atoms. The van der Waals surface area contributed by atoms with Gasteiger partial charge >= 0.3 is 0 Å². The van der Waals surface area contributed by atoms with Gasteiger partial charge in [0.15, 0.2) is 0 Å². The predicted octanol–water partition coefficient (Wildman–Crippen LogP) is 3.17. The van der Waals surface area contributed by atoms with Crippen LogP contribution in [0.5, 0.6) is 0 Å². The molecule has 0 unspecified atom stereocenters. The van der Waals surface area contributed by atoms with Gasteiger partial charge in [0, 0.05) is 21.5 Å². The van der Waals surface area contributed by atoms with Gasteiger partial charge in [-0.1, -0.05) is 37.3 Å². The van der Waals surface area contributed by atoms with E-state index >= 15 is 0 Å². The summed E-state index contributed by atoms with van der Waals surface area (Å²) < 4.78 is 0. The van der Waals surface area contributed by atoms with E-state index < -0.39 is 0 Å². The average molecular weight is 223 g/mol. The Balaban J connectivity index is 2.60. The molecule has 0 saturated heterocycles. The molecule has 3 heteroatoms. The number of hydrogen-bond donors (Lipinski definition) is 1. The fraction of sp³-hybridized carbons (Fsp3) is 0.273. The van der Waals surface area contributed by atoms with E-state index in [4.69, 9.17) is 12.2 Å². The van der Waals surface area contributed by atoms with Gasteiger partial charge in [0.05, 0.1) is 6.54 Å². The summed E-state index contributed by atoms with van der Waals surface area (Å²) in [7, 11) is 0. The summed E-state index contributed by atoms with van der Waals surface area (Å²) in [5.74, 6) is 0. The van der Waals surface area contributed by atoms with E-state index in [2.05, 4.69) is 17.6 Å². The lowest BCUT2D eigenvalue weighted by atomic mass is 10.2. The fourth-order valence-electron chi connectivity index (χ4n) is 0.954. The normalized spacial score (nSPS) is 10.7. The van der Waals surface area contributed by atoms with Crippen LogP contribution >= 0.6 is 24.8 Å². The highest BCUT2D eigenvalue weighted by Crippen LogP contribution is 2.09. The third kappa shape index (κ3) is 3.60. The highest BCUT2D eigenvalue weighted by atomic mass is 32.1. The molecule has 0 atom stereocenters. The van der Waals surface area contributed by atoms with E-state index in [1.807, 2.05) is 37.4 Å². The molecule has 0 aromatic heterocycles.